The van der Waals surface area contributed by atoms with Crippen molar-refractivity contribution in [1.29, 1.82) is 0 Å². The number of hydrogen-bond donors (Lipinski definition) is 2. The third-order valence-corrected chi connectivity index (χ3v) is 4.58. The molecular weight excluding hydrogens is 264 g/mol. The first-order valence-electron chi connectivity index (χ1n) is 6.04. The average molecular weight is 282 g/mol. The zero-order chi connectivity index (χ0) is 13.0. The van der Waals surface area contributed by atoms with Crippen molar-refractivity contribution in [3.8, 4) is 5.75 Å². The summed E-state index contributed by atoms with van der Waals surface area (Å²) >= 11 is 6.12. The summed E-state index contributed by atoms with van der Waals surface area (Å²) in [5, 5.41) is 0.971. The second-order valence-electron chi connectivity index (χ2n) is 4.19. The molecule has 1 unspecified atom stereocenters. The molecule has 0 aliphatic rings. The molecule has 2 rings (SSSR count). The minimum absolute atomic E-state index is 0.640. The van der Waals surface area contributed by atoms with Crippen molar-refractivity contribution < 1.29 is 4.74 Å². The molecule has 1 heterocycles. The fourth-order valence-corrected chi connectivity index (χ4v) is 3.31. The second-order valence-corrected chi connectivity index (χ2v) is 5.57. The van der Waals surface area contributed by atoms with Crippen LogP contribution in [0.1, 0.15) is 13.3 Å². The fourth-order valence-electron chi connectivity index (χ4n) is 1.66. The van der Waals surface area contributed by atoms with Crippen LogP contribution in [0.2, 0.25) is 0 Å². The average Bonchev–Trinajstić information content (AvgIpc) is 2.81. The number of fused-ring (bicyclic) bond motifs is 1. The normalized spacial score (nSPS) is 12.8. The summed E-state index contributed by atoms with van der Waals surface area (Å²) in [7, 11) is 1.67. The molecule has 1 atom stereocenters. The molecule has 0 saturated carbocycles. The molecular formula is C13H18N2OS2. The van der Waals surface area contributed by atoms with Gasteiger partial charge in [-0.15, -0.1) is 0 Å². The summed E-state index contributed by atoms with van der Waals surface area (Å²) in [6.45, 7) is 2.20. The SMILES string of the molecule is CCC(CS)CSc1nc2ccc(OC)cc2[nH]1. The van der Waals surface area contributed by atoms with Crippen LogP contribution in [0.3, 0.4) is 0 Å². The molecule has 1 aromatic heterocycles. The van der Waals surface area contributed by atoms with Crippen molar-refractivity contribution in [2.24, 2.45) is 5.92 Å². The zero-order valence-electron chi connectivity index (χ0n) is 10.6. The van der Waals surface area contributed by atoms with Gasteiger partial charge < -0.3 is 9.72 Å². The number of ether oxygens (including phenoxy) is 1. The maximum atomic E-state index is 5.20. The number of benzene rings is 1. The maximum Gasteiger partial charge on any atom is 0.166 e. The number of hydrogen-bond acceptors (Lipinski definition) is 4. The summed E-state index contributed by atoms with van der Waals surface area (Å²) in [6.07, 6.45) is 1.16. The summed E-state index contributed by atoms with van der Waals surface area (Å²) < 4.78 is 5.20. The van der Waals surface area contributed by atoms with E-state index in [1.165, 1.54) is 0 Å². The highest BCUT2D eigenvalue weighted by Gasteiger charge is 2.08. The topological polar surface area (TPSA) is 37.9 Å². The van der Waals surface area contributed by atoms with E-state index in [2.05, 4.69) is 29.5 Å². The Hall–Kier alpha value is -0.810. The first-order valence-corrected chi connectivity index (χ1v) is 7.66. The third kappa shape index (κ3) is 3.14. The van der Waals surface area contributed by atoms with Crippen LogP contribution in [0.25, 0.3) is 11.0 Å². The fraction of sp³-hybridized carbons (Fsp3) is 0.462. The summed E-state index contributed by atoms with van der Waals surface area (Å²) in [4.78, 5) is 7.88. The molecule has 0 amide bonds. The van der Waals surface area contributed by atoms with Gasteiger partial charge in [0.15, 0.2) is 5.16 Å². The number of aromatic nitrogens is 2. The number of methoxy groups -OCH3 is 1. The van der Waals surface area contributed by atoms with E-state index < -0.39 is 0 Å². The highest BCUT2D eigenvalue weighted by Crippen LogP contribution is 2.25. The molecule has 1 aromatic carbocycles. The van der Waals surface area contributed by atoms with Crippen molar-refractivity contribution >= 4 is 35.4 Å². The first kappa shape index (κ1) is 13.6. The lowest BCUT2D eigenvalue weighted by molar-refractivity contribution is 0.415. The molecule has 0 saturated heterocycles. The van der Waals surface area contributed by atoms with Gasteiger partial charge in [-0.05, 0) is 23.8 Å². The number of thioether (sulfide) groups is 1. The van der Waals surface area contributed by atoms with E-state index in [1.54, 1.807) is 18.9 Å². The van der Waals surface area contributed by atoms with Crippen molar-refractivity contribution in [1.82, 2.24) is 9.97 Å². The van der Waals surface area contributed by atoms with Gasteiger partial charge in [-0.1, -0.05) is 25.1 Å². The van der Waals surface area contributed by atoms with E-state index >= 15 is 0 Å². The van der Waals surface area contributed by atoms with Crippen LogP contribution >= 0.6 is 24.4 Å². The van der Waals surface area contributed by atoms with E-state index in [-0.39, 0.29) is 0 Å². The smallest absolute Gasteiger partial charge is 0.166 e. The van der Waals surface area contributed by atoms with E-state index in [4.69, 9.17) is 4.74 Å². The Labute approximate surface area is 117 Å². The Balaban J connectivity index is 2.10. The van der Waals surface area contributed by atoms with Gasteiger partial charge in [-0.25, -0.2) is 4.98 Å². The third-order valence-electron chi connectivity index (χ3n) is 2.96. The van der Waals surface area contributed by atoms with Crippen LogP contribution in [0.4, 0.5) is 0 Å². The van der Waals surface area contributed by atoms with Crippen molar-refractivity contribution in [3.63, 3.8) is 0 Å². The zero-order valence-corrected chi connectivity index (χ0v) is 12.4. The van der Waals surface area contributed by atoms with Gasteiger partial charge in [0, 0.05) is 11.8 Å². The molecule has 18 heavy (non-hydrogen) atoms. The molecule has 0 aliphatic carbocycles. The van der Waals surface area contributed by atoms with Gasteiger partial charge in [0.05, 0.1) is 18.1 Å². The predicted molar refractivity (Wildman–Crippen MR) is 81.0 cm³/mol. The van der Waals surface area contributed by atoms with Gasteiger partial charge in [-0.2, -0.15) is 12.6 Å². The highest BCUT2D eigenvalue weighted by molar-refractivity contribution is 7.99. The van der Waals surface area contributed by atoms with E-state index in [1.807, 2.05) is 18.2 Å². The first-order chi connectivity index (χ1) is 8.76. The van der Waals surface area contributed by atoms with Gasteiger partial charge in [-0.3, -0.25) is 0 Å². The molecule has 0 bridgehead atoms. The Morgan fingerprint density at radius 1 is 1.50 bits per heavy atom. The lowest BCUT2D eigenvalue weighted by Gasteiger charge is -2.08. The van der Waals surface area contributed by atoms with Crippen molar-refractivity contribution in [2.75, 3.05) is 18.6 Å². The monoisotopic (exact) mass is 282 g/mol. The van der Waals surface area contributed by atoms with Crippen LogP contribution in [0.15, 0.2) is 23.4 Å². The molecule has 0 spiro atoms. The van der Waals surface area contributed by atoms with Gasteiger partial charge >= 0.3 is 0 Å². The summed E-state index contributed by atoms with van der Waals surface area (Å²) in [5.41, 5.74) is 2.01. The van der Waals surface area contributed by atoms with Gasteiger partial charge in [0.2, 0.25) is 0 Å². The number of imidazole rings is 1. The number of thiol groups is 1. The molecule has 0 fully saturated rings. The number of H-pyrrole nitrogens is 1. The van der Waals surface area contributed by atoms with Gasteiger partial charge in [0.1, 0.15) is 5.75 Å². The molecule has 5 heteroatoms. The Morgan fingerprint density at radius 3 is 3.00 bits per heavy atom. The van der Waals surface area contributed by atoms with Crippen LogP contribution < -0.4 is 4.74 Å². The summed E-state index contributed by atoms with van der Waals surface area (Å²) in [6, 6.07) is 5.88. The van der Waals surface area contributed by atoms with Crippen LogP contribution in [0.5, 0.6) is 5.75 Å². The van der Waals surface area contributed by atoms with Crippen LogP contribution in [0, 0.1) is 5.92 Å². The maximum absolute atomic E-state index is 5.20. The molecule has 2 aromatic rings. The van der Waals surface area contributed by atoms with E-state index in [0.29, 0.717) is 5.92 Å². The largest absolute Gasteiger partial charge is 0.497 e. The highest BCUT2D eigenvalue weighted by atomic mass is 32.2. The lowest BCUT2D eigenvalue weighted by atomic mass is 10.2. The Morgan fingerprint density at radius 2 is 2.33 bits per heavy atom. The molecule has 0 aliphatic heterocycles. The standard InChI is InChI=1S/C13H18N2OS2/c1-3-9(7-17)8-18-13-14-11-5-4-10(16-2)6-12(11)15-13/h4-6,9,17H,3,7-8H2,1-2H3,(H,14,15). The predicted octanol–water partition coefficient (Wildman–Crippen LogP) is 3.62. The lowest BCUT2D eigenvalue weighted by Crippen LogP contribution is -2.03. The number of rotatable bonds is 6. The molecule has 0 radical (unpaired) electrons. The second kappa shape index (κ2) is 6.38. The number of nitrogens with zero attached hydrogens (tertiary/aromatic N) is 1. The number of nitrogens with one attached hydrogen (secondary N) is 1. The van der Waals surface area contributed by atoms with Crippen LogP contribution in [-0.4, -0.2) is 28.6 Å². The minimum atomic E-state index is 0.640. The Bertz CT molecular complexity index is 509. The Kier molecular flexibility index (Phi) is 4.83. The van der Waals surface area contributed by atoms with E-state index in [0.717, 1.165) is 39.9 Å². The summed E-state index contributed by atoms with van der Waals surface area (Å²) in [5.74, 6) is 3.47. The molecule has 98 valence electrons. The quantitative estimate of drug-likeness (QED) is 0.628. The van der Waals surface area contributed by atoms with Crippen molar-refractivity contribution in [3.05, 3.63) is 18.2 Å². The molecule has 3 nitrogen and oxygen atoms in total. The van der Waals surface area contributed by atoms with Crippen molar-refractivity contribution in [2.45, 2.75) is 18.5 Å². The van der Waals surface area contributed by atoms with Crippen LogP contribution in [-0.2, 0) is 0 Å². The minimum Gasteiger partial charge on any atom is -0.497 e. The molecule has 1 N–H and O–H groups in total. The van der Waals surface area contributed by atoms with E-state index in [9.17, 15) is 0 Å². The van der Waals surface area contributed by atoms with Gasteiger partial charge in [0.25, 0.3) is 0 Å². The number of aromatic amines is 1.